The van der Waals surface area contributed by atoms with Crippen molar-refractivity contribution in [1.82, 2.24) is 15.1 Å². The van der Waals surface area contributed by atoms with Crippen LogP contribution in [0.2, 0.25) is 0 Å². The lowest BCUT2D eigenvalue weighted by Gasteiger charge is -2.28. The number of carbonyl (C=O) groups excluding carboxylic acids is 3. The van der Waals surface area contributed by atoms with Crippen molar-refractivity contribution in [1.29, 1.82) is 0 Å². The van der Waals surface area contributed by atoms with Gasteiger partial charge in [0.1, 0.15) is 12.1 Å². The minimum absolute atomic E-state index is 0.132. The molecule has 28 heavy (non-hydrogen) atoms. The number of alkyl halides is 3. The molecule has 2 saturated heterocycles. The number of amides is 3. The number of hydrogen-bond acceptors (Lipinski definition) is 3. The third-order valence-corrected chi connectivity index (χ3v) is 5.14. The van der Waals surface area contributed by atoms with Crippen molar-refractivity contribution in [2.45, 2.75) is 43.9 Å². The topological polar surface area (TPSA) is 69.7 Å². The molecule has 1 aromatic rings. The van der Waals surface area contributed by atoms with Crippen molar-refractivity contribution in [3.05, 3.63) is 35.9 Å². The summed E-state index contributed by atoms with van der Waals surface area (Å²) in [6, 6.07) is 6.37. The van der Waals surface area contributed by atoms with Crippen LogP contribution in [-0.4, -0.2) is 59.4 Å². The SMILES string of the molecule is O=C(N[C@H](C(=O)N1CCCC1)c1ccccc1)C1CCCN1C(=O)C(F)(F)F. The third kappa shape index (κ3) is 4.28. The summed E-state index contributed by atoms with van der Waals surface area (Å²) in [5, 5.41) is 2.60. The number of carbonyl (C=O) groups is 3. The molecule has 3 rings (SSSR count). The fraction of sp³-hybridized carbons (Fsp3) is 0.526. The summed E-state index contributed by atoms with van der Waals surface area (Å²) >= 11 is 0. The molecule has 2 aliphatic heterocycles. The summed E-state index contributed by atoms with van der Waals surface area (Å²) in [6.45, 7) is 1.03. The molecule has 6 nitrogen and oxygen atoms in total. The van der Waals surface area contributed by atoms with E-state index < -0.39 is 30.1 Å². The summed E-state index contributed by atoms with van der Waals surface area (Å²) in [5.41, 5.74) is 0.555. The van der Waals surface area contributed by atoms with Crippen LogP contribution < -0.4 is 5.32 Å². The first-order valence-electron chi connectivity index (χ1n) is 9.31. The molecule has 152 valence electrons. The highest BCUT2D eigenvalue weighted by Gasteiger charge is 2.48. The molecule has 2 aliphatic rings. The van der Waals surface area contributed by atoms with Gasteiger partial charge in [0.05, 0.1) is 0 Å². The first-order valence-corrected chi connectivity index (χ1v) is 9.31. The Hall–Kier alpha value is -2.58. The first-order chi connectivity index (χ1) is 13.3. The van der Waals surface area contributed by atoms with Gasteiger partial charge in [0.2, 0.25) is 11.8 Å². The molecule has 9 heteroatoms. The largest absolute Gasteiger partial charge is 0.471 e. The van der Waals surface area contributed by atoms with E-state index in [2.05, 4.69) is 5.32 Å². The predicted octanol–water partition coefficient (Wildman–Crippen LogP) is 2.02. The number of likely N-dealkylation sites (tertiary alicyclic amines) is 2. The lowest BCUT2D eigenvalue weighted by Crippen LogP contribution is -2.52. The van der Waals surface area contributed by atoms with E-state index in [4.69, 9.17) is 0 Å². The third-order valence-electron chi connectivity index (χ3n) is 5.14. The van der Waals surface area contributed by atoms with Crippen LogP contribution in [0.25, 0.3) is 0 Å². The highest BCUT2D eigenvalue weighted by atomic mass is 19.4. The summed E-state index contributed by atoms with van der Waals surface area (Å²) < 4.78 is 38.4. The number of rotatable bonds is 4. The Kier molecular flexibility index (Phi) is 5.90. The molecule has 0 saturated carbocycles. The van der Waals surface area contributed by atoms with Gasteiger partial charge in [-0.15, -0.1) is 0 Å². The Labute approximate surface area is 160 Å². The zero-order valence-electron chi connectivity index (χ0n) is 15.2. The molecule has 2 fully saturated rings. The van der Waals surface area contributed by atoms with Gasteiger partial charge < -0.3 is 15.1 Å². The summed E-state index contributed by atoms with van der Waals surface area (Å²) in [7, 11) is 0. The van der Waals surface area contributed by atoms with E-state index in [9.17, 15) is 27.6 Å². The molecule has 2 atom stereocenters. The molecule has 1 N–H and O–H groups in total. The average molecular weight is 397 g/mol. The van der Waals surface area contributed by atoms with E-state index in [0.717, 1.165) is 12.8 Å². The van der Waals surface area contributed by atoms with Crippen molar-refractivity contribution in [2.75, 3.05) is 19.6 Å². The molecule has 2 heterocycles. The normalized spacial score (nSPS) is 20.9. The standard InChI is InChI=1S/C19H22F3N3O3/c20-19(21,22)18(28)25-12-6-9-14(25)16(26)23-15(13-7-2-1-3-8-13)17(27)24-10-4-5-11-24/h1-3,7-8,14-15H,4-6,9-12H2,(H,23,26)/t14?,15-/m0/s1. The van der Waals surface area contributed by atoms with Gasteiger partial charge in [-0.1, -0.05) is 30.3 Å². The molecule has 0 aliphatic carbocycles. The van der Waals surface area contributed by atoms with Gasteiger partial charge in [-0.3, -0.25) is 14.4 Å². The van der Waals surface area contributed by atoms with Gasteiger partial charge in [0.25, 0.3) is 0 Å². The van der Waals surface area contributed by atoms with Gasteiger partial charge in [-0.25, -0.2) is 0 Å². The molecule has 0 radical (unpaired) electrons. The zero-order chi connectivity index (χ0) is 20.3. The molecular formula is C19H22F3N3O3. The molecule has 1 unspecified atom stereocenters. The maximum absolute atomic E-state index is 12.9. The molecular weight excluding hydrogens is 375 g/mol. The van der Waals surface area contributed by atoms with Crippen LogP contribution in [-0.2, 0) is 14.4 Å². The monoisotopic (exact) mass is 397 g/mol. The lowest BCUT2D eigenvalue weighted by atomic mass is 10.0. The Morgan fingerprint density at radius 1 is 1.00 bits per heavy atom. The minimum atomic E-state index is -5.03. The van der Waals surface area contributed by atoms with Crippen LogP contribution in [0.15, 0.2) is 30.3 Å². The van der Waals surface area contributed by atoms with Crippen molar-refractivity contribution in [3.8, 4) is 0 Å². The number of nitrogens with zero attached hydrogens (tertiary/aromatic N) is 2. The number of benzene rings is 1. The molecule has 0 spiro atoms. The number of hydrogen-bond donors (Lipinski definition) is 1. The highest BCUT2D eigenvalue weighted by Crippen LogP contribution is 2.27. The van der Waals surface area contributed by atoms with E-state index in [-0.39, 0.29) is 18.9 Å². The zero-order valence-corrected chi connectivity index (χ0v) is 15.2. The van der Waals surface area contributed by atoms with E-state index in [1.165, 1.54) is 0 Å². The Balaban J connectivity index is 1.79. The van der Waals surface area contributed by atoms with Crippen molar-refractivity contribution < 1.29 is 27.6 Å². The second-order valence-electron chi connectivity index (χ2n) is 7.04. The lowest BCUT2D eigenvalue weighted by molar-refractivity contribution is -0.186. The van der Waals surface area contributed by atoms with Gasteiger partial charge in [0, 0.05) is 19.6 Å². The Morgan fingerprint density at radius 2 is 1.64 bits per heavy atom. The summed E-state index contributed by atoms with van der Waals surface area (Å²) in [6.07, 6.45) is -2.86. The Morgan fingerprint density at radius 3 is 2.25 bits per heavy atom. The maximum atomic E-state index is 12.9. The van der Waals surface area contributed by atoms with Gasteiger partial charge in [-0.05, 0) is 31.2 Å². The quantitative estimate of drug-likeness (QED) is 0.845. The number of halogens is 3. The number of nitrogens with one attached hydrogen (secondary N) is 1. The minimum Gasteiger partial charge on any atom is -0.341 e. The molecule has 0 aromatic heterocycles. The fourth-order valence-electron chi connectivity index (χ4n) is 3.74. The fourth-order valence-corrected chi connectivity index (χ4v) is 3.74. The van der Waals surface area contributed by atoms with Crippen molar-refractivity contribution in [2.24, 2.45) is 0 Å². The van der Waals surface area contributed by atoms with E-state index >= 15 is 0 Å². The van der Waals surface area contributed by atoms with Crippen LogP contribution in [0, 0.1) is 0 Å². The summed E-state index contributed by atoms with van der Waals surface area (Å²) in [5.74, 6) is -3.05. The molecule has 1 aromatic carbocycles. The van der Waals surface area contributed by atoms with Gasteiger partial charge >= 0.3 is 12.1 Å². The first kappa shape index (κ1) is 20.2. The molecule has 3 amide bonds. The van der Waals surface area contributed by atoms with Gasteiger partial charge in [-0.2, -0.15) is 13.2 Å². The van der Waals surface area contributed by atoms with Gasteiger partial charge in [0.15, 0.2) is 0 Å². The van der Waals surface area contributed by atoms with Crippen LogP contribution >= 0.6 is 0 Å². The van der Waals surface area contributed by atoms with Crippen LogP contribution in [0.1, 0.15) is 37.3 Å². The van der Waals surface area contributed by atoms with Crippen molar-refractivity contribution in [3.63, 3.8) is 0 Å². The maximum Gasteiger partial charge on any atom is 0.471 e. The second kappa shape index (κ2) is 8.20. The van der Waals surface area contributed by atoms with Crippen LogP contribution in [0.4, 0.5) is 13.2 Å². The highest BCUT2D eigenvalue weighted by molar-refractivity contribution is 5.94. The van der Waals surface area contributed by atoms with Crippen molar-refractivity contribution >= 4 is 17.7 Å². The molecule has 0 bridgehead atoms. The van der Waals surface area contributed by atoms with E-state index in [1.54, 1.807) is 35.2 Å². The second-order valence-corrected chi connectivity index (χ2v) is 7.04. The average Bonchev–Trinajstić information content (AvgIpc) is 3.36. The summed E-state index contributed by atoms with van der Waals surface area (Å²) in [4.78, 5) is 39.5. The predicted molar refractivity (Wildman–Crippen MR) is 93.9 cm³/mol. The Bertz CT molecular complexity index is 733. The smallest absolute Gasteiger partial charge is 0.341 e. The van der Waals surface area contributed by atoms with E-state index in [1.807, 2.05) is 0 Å². The van der Waals surface area contributed by atoms with Crippen LogP contribution in [0.3, 0.4) is 0 Å². The van der Waals surface area contributed by atoms with Crippen LogP contribution in [0.5, 0.6) is 0 Å². The van der Waals surface area contributed by atoms with E-state index in [0.29, 0.717) is 30.0 Å².